The normalized spacial score (nSPS) is 14.4. The lowest BCUT2D eigenvalue weighted by atomic mass is 10.1. The third-order valence-corrected chi connectivity index (χ3v) is 6.37. The first-order valence-corrected chi connectivity index (χ1v) is 11.3. The van der Waals surface area contributed by atoms with Crippen molar-refractivity contribution in [1.82, 2.24) is 20.2 Å². The Balaban J connectivity index is 1.48. The molecule has 0 spiro atoms. The first-order chi connectivity index (χ1) is 16.5. The molecule has 1 aliphatic rings. The summed E-state index contributed by atoms with van der Waals surface area (Å²) in [4.78, 5) is 10.1. The molecule has 34 heavy (non-hydrogen) atoms. The van der Waals surface area contributed by atoms with Gasteiger partial charge in [0, 0.05) is 36.4 Å². The van der Waals surface area contributed by atoms with E-state index in [1.54, 1.807) is 30.5 Å². The van der Waals surface area contributed by atoms with E-state index in [-0.39, 0.29) is 15.6 Å². The SMILES string of the molecule is N#Cc1cc(-c2n[nH]c3ccc(O[C@H](N)c4c(Cl)cnc(F)c4Cl)cc23)cnc1N1CCCC1. The van der Waals surface area contributed by atoms with Crippen LogP contribution in [0.2, 0.25) is 10.0 Å². The molecule has 0 aliphatic carbocycles. The smallest absolute Gasteiger partial charge is 0.232 e. The Morgan fingerprint density at radius 1 is 1.18 bits per heavy atom. The topological polar surface area (TPSA) is 117 Å². The van der Waals surface area contributed by atoms with Crippen molar-refractivity contribution in [3.05, 3.63) is 63.8 Å². The van der Waals surface area contributed by atoms with Gasteiger partial charge in [-0.15, -0.1) is 0 Å². The highest BCUT2D eigenvalue weighted by molar-refractivity contribution is 6.35. The van der Waals surface area contributed by atoms with Crippen LogP contribution in [0.5, 0.6) is 5.75 Å². The van der Waals surface area contributed by atoms with Gasteiger partial charge in [-0.25, -0.2) is 9.97 Å². The van der Waals surface area contributed by atoms with Gasteiger partial charge in [0.05, 0.1) is 21.7 Å². The van der Waals surface area contributed by atoms with Crippen molar-refractivity contribution in [2.45, 2.75) is 19.1 Å². The van der Waals surface area contributed by atoms with Crippen molar-refractivity contribution in [2.75, 3.05) is 18.0 Å². The van der Waals surface area contributed by atoms with Crippen molar-refractivity contribution in [2.24, 2.45) is 5.73 Å². The molecule has 0 bridgehead atoms. The fourth-order valence-corrected chi connectivity index (χ4v) is 4.62. The number of aromatic amines is 1. The zero-order chi connectivity index (χ0) is 23.8. The third-order valence-electron chi connectivity index (χ3n) is 5.71. The number of nitrogens with zero attached hydrogens (tertiary/aromatic N) is 5. The summed E-state index contributed by atoms with van der Waals surface area (Å²) >= 11 is 12.1. The molecule has 3 N–H and O–H groups in total. The first-order valence-electron chi connectivity index (χ1n) is 10.5. The van der Waals surface area contributed by atoms with Gasteiger partial charge in [-0.3, -0.25) is 10.8 Å². The minimum absolute atomic E-state index is 0.0946. The number of rotatable bonds is 5. The van der Waals surface area contributed by atoms with E-state index in [1.165, 1.54) is 0 Å². The minimum Gasteiger partial charge on any atom is -0.471 e. The molecule has 1 atom stereocenters. The summed E-state index contributed by atoms with van der Waals surface area (Å²) in [5, 5.41) is 17.6. The van der Waals surface area contributed by atoms with Crippen LogP contribution in [0, 0.1) is 17.3 Å². The number of hydrogen-bond donors (Lipinski definition) is 2. The summed E-state index contributed by atoms with van der Waals surface area (Å²) in [7, 11) is 0. The molecule has 1 aromatic carbocycles. The molecular formula is C23H18Cl2FN7O. The number of halogens is 3. The molecule has 1 fully saturated rings. The van der Waals surface area contributed by atoms with Gasteiger partial charge in [0.1, 0.15) is 28.4 Å². The van der Waals surface area contributed by atoms with Gasteiger partial charge in [-0.2, -0.15) is 14.8 Å². The maximum absolute atomic E-state index is 13.8. The molecule has 0 radical (unpaired) electrons. The van der Waals surface area contributed by atoms with Crippen molar-refractivity contribution < 1.29 is 9.13 Å². The number of nitrogens with one attached hydrogen (secondary N) is 1. The third kappa shape index (κ3) is 4.01. The summed E-state index contributed by atoms with van der Waals surface area (Å²) in [6.45, 7) is 1.78. The van der Waals surface area contributed by atoms with E-state index in [9.17, 15) is 9.65 Å². The van der Waals surface area contributed by atoms with Crippen LogP contribution in [0.4, 0.5) is 10.2 Å². The zero-order valence-electron chi connectivity index (χ0n) is 17.7. The Kier molecular flexibility index (Phi) is 5.96. The predicted octanol–water partition coefficient (Wildman–Crippen LogP) is 4.97. The average Bonchev–Trinajstić information content (AvgIpc) is 3.51. The Morgan fingerprint density at radius 3 is 2.74 bits per heavy atom. The Labute approximate surface area is 204 Å². The Morgan fingerprint density at radius 2 is 1.97 bits per heavy atom. The maximum Gasteiger partial charge on any atom is 0.232 e. The monoisotopic (exact) mass is 497 g/mol. The molecule has 4 heterocycles. The second-order valence-corrected chi connectivity index (χ2v) is 8.63. The number of nitrogens with two attached hydrogens (primary N) is 1. The number of anilines is 1. The molecule has 172 valence electrons. The van der Waals surface area contributed by atoms with Crippen molar-refractivity contribution in [3.63, 3.8) is 0 Å². The lowest BCUT2D eigenvalue weighted by Crippen LogP contribution is -2.20. The van der Waals surface area contributed by atoms with Crippen LogP contribution >= 0.6 is 23.2 Å². The summed E-state index contributed by atoms with van der Waals surface area (Å²) in [5.41, 5.74) is 8.77. The number of H-pyrrole nitrogens is 1. The second-order valence-electron chi connectivity index (χ2n) is 7.84. The molecule has 4 aromatic rings. The molecule has 0 unspecified atom stereocenters. The van der Waals surface area contributed by atoms with Crippen molar-refractivity contribution >= 4 is 39.9 Å². The van der Waals surface area contributed by atoms with E-state index >= 15 is 0 Å². The molecule has 1 saturated heterocycles. The second kappa shape index (κ2) is 9.06. The molecule has 3 aromatic heterocycles. The van der Waals surface area contributed by atoms with Crippen LogP contribution < -0.4 is 15.4 Å². The summed E-state index contributed by atoms with van der Waals surface area (Å²) in [6.07, 6.45) is 3.89. The van der Waals surface area contributed by atoms with Gasteiger partial charge in [0.25, 0.3) is 0 Å². The number of pyridine rings is 2. The van der Waals surface area contributed by atoms with Crippen molar-refractivity contribution in [3.8, 4) is 23.1 Å². The van der Waals surface area contributed by atoms with E-state index in [1.807, 2.05) is 0 Å². The number of fused-ring (bicyclic) bond motifs is 1. The van der Waals surface area contributed by atoms with Crippen LogP contribution in [0.15, 0.2) is 36.7 Å². The number of nitriles is 1. The maximum atomic E-state index is 13.8. The number of benzene rings is 1. The van der Waals surface area contributed by atoms with Gasteiger partial charge in [-0.05, 0) is 37.1 Å². The highest BCUT2D eigenvalue weighted by Crippen LogP contribution is 2.35. The van der Waals surface area contributed by atoms with Crippen LogP contribution in [0.25, 0.3) is 22.2 Å². The van der Waals surface area contributed by atoms with E-state index in [0.717, 1.165) is 43.0 Å². The van der Waals surface area contributed by atoms with Crippen LogP contribution in [0.1, 0.15) is 30.2 Å². The average molecular weight is 498 g/mol. The Hall–Kier alpha value is -3.45. The first kappa shape index (κ1) is 22.3. The highest BCUT2D eigenvalue weighted by atomic mass is 35.5. The molecular weight excluding hydrogens is 480 g/mol. The number of hydrogen-bond acceptors (Lipinski definition) is 7. The van der Waals surface area contributed by atoms with Gasteiger partial charge >= 0.3 is 0 Å². The molecule has 0 amide bonds. The summed E-state index contributed by atoms with van der Waals surface area (Å²) in [5.74, 6) is 0.206. The van der Waals surface area contributed by atoms with E-state index in [0.29, 0.717) is 28.4 Å². The van der Waals surface area contributed by atoms with Gasteiger partial charge in [0.2, 0.25) is 5.95 Å². The molecule has 8 nitrogen and oxygen atoms in total. The quantitative estimate of drug-likeness (QED) is 0.295. The van der Waals surface area contributed by atoms with E-state index in [4.69, 9.17) is 33.7 Å². The van der Waals surface area contributed by atoms with Crippen LogP contribution in [-0.4, -0.2) is 33.3 Å². The molecule has 11 heteroatoms. The number of aromatic nitrogens is 4. The predicted molar refractivity (Wildman–Crippen MR) is 127 cm³/mol. The largest absolute Gasteiger partial charge is 0.471 e. The van der Waals surface area contributed by atoms with Crippen LogP contribution in [-0.2, 0) is 0 Å². The molecule has 1 aliphatic heterocycles. The zero-order valence-corrected chi connectivity index (χ0v) is 19.2. The lowest BCUT2D eigenvalue weighted by Gasteiger charge is -2.18. The van der Waals surface area contributed by atoms with Gasteiger partial charge in [-0.1, -0.05) is 23.2 Å². The van der Waals surface area contributed by atoms with Crippen molar-refractivity contribution in [1.29, 1.82) is 5.26 Å². The summed E-state index contributed by atoms with van der Waals surface area (Å²) < 4.78 is 19.6. The minimum atomic E-state index is -1.13. The Bertz CT molecular complexity index is 1430. The van der Waals surface area contributed by atoms with E-state index < -0.39 is 12.2 Å². The van der Waals surface area contributed by atoms with Crippen LogP contribution in [0.3, 0.4) is 0 Å². The standard InChI is InChI=1S/C23H18Cl2FN7O/c24-16-11-29-21(26)19(25)18(16)22(28)34-14-3-4-17-15(8-14)20(32-31-17)13-7-12(9-27)23(30-10-13)33-5-1-2-6-33/h3-4,7-8,10-11,22H,1-2,5-6,28H2,(H,31,32)/t22-/m0/s1. The van der Waals surface area contributed by atoms with Gasteiger partial charge < -0.3 is 9.64 Å². The highest BCUT2D eigenvalue weighted by Gasteiger charge is 2.22. The molecule has 0 saturated carbocycles. The van der Waals surface area contributed by atoms with Gasteiger partial charge in [0.15, 0.2) is 6.23 Å². The fourth-order valence-electron chi connectivity index (χ4n) is 4.06. The lowest BCUT2D eigenvalue weighted by molar-refractivity contribution is 0.214. The molecule has 5 rings (SSSR count). The number of ether oxygens (including phenoxy) is 1. The van der Waals surface area contributed by atoms with E-state index in [2.05, 4.69) is 31.1 Å². The fraction of sp³-hybridized carbons (Fsp3) is 0.217. The summed E-state index contributed by atoms with van der Waals surface area (Å²) in [6, 6.07) is 9.25.